The van der Waals surface area contributed by atoms with Crippen LogP contribution in [0.25, 0.3) is 22.6 Å². The van der Waals surface area contributed by atoms with Gasteiger partial charge in [-0.3, -0.25) is 4.98 Å². The van der Waals surface area contributed by atoms with Crippen molar-refractivity contribution in [1.29, 1.82) is 0 Å². The normalized spacial score (nSPS) is 13.8. The van der Waals surface area contributed by atoms with E-state index in [0.717, 1.165) is 0 Å². The fraction of sp³-hybridized carbons (Fsp3) is 0.143. The molecule has 1 aliphatic carbocycles. The Hall–Kier alpha value is -2.05. The average molecular weight is 208 g/mol. The Morgan fingerprint density at radius 2 is 2.25 bits per heavy atom. The van der Waals surface area contributed by atoms with Crippen LogP contribution in [0.2, 0.25) is 0 Å². The summed E-state index contributed by atoms with van der Waals surface area (Å²) in [5, 5.41) is 1.20. The highest BCUT2D eigenvalue weighted by Gasteiger charge is 2.14. The number of aromatic nitrogens is 2. The number of hydrogen-bond donors (Lipinski definition) is 0. The first-order chi connectivity index (χ1) is 7.79. The Labute approximate surface area is 94.2 Å². The predicted molar refractivity (Wildman–Crippen MR) is 66.9 cm³/mol. The number of aryl methyl sites for hydroxylation is 1. The van der Waals surface area contributed by atoms with Crippen LogP contribution in [-0.4, -0.2) is 9.55 Å². The molecule has 2 heteroatoms. The van der Waals surface area contributed by atoms with E-state index in [4.69, 9.17) is 0 Å². The third-order valence-corrected chi connectivity index (χ3v) is 3.05. The highest BCUT2D eigenvalue weighted by atomic mass is 15.0. The Bertz CT molecular complexity index is 665. The minimum absolute atomic E-state index is 1.17. The lowest BCUT2D eigenvalue weighted by Crippen LogP contribution is -1.94. The van der Waals surface area contributed by atoms with Crippen molar-refractivity contribution in [3.63, 3.8) is 0 Å². The smallest absolute Gasteiger partial charge is 0.0597 e. The minimum Gasteiger partial charge on any atom is -0.343 e. The third-order valence-electron chi connectivity index (χ3n) is 3.05. The molecule has 1 aliphatic rings. The summed E-state index contributed by atoms with van der Waals surface area (Å²) in [7, 11) is 2.09. The van der Waals surface area contributed by atoms with E-state index in [1.54, 1.807) is 0 Å². The summed E-state index contributed by atoms with van der Waals surface area (Å²) in [4.78, 5) is 4.20. The van der Waals surface area contributed by atoms with Gasteiger partial charge in [-0.15, -0.1) is 5.73 Å². The quantitative estimate of drug-likeness (QED) is 0.608. The molecule has 0 amide bonds. The maximum absolute atomic E-state index is 4.20. The Morgan fingerprint density at radius 1 is 1.38 bits per heavy atom. The van der Waals surface area contributed by atoms with Gasteiger partial charge in [-0.1, -0.05) is 12.2 Å². The molecule has 78 valence electrons. The number of allylic oxidation sites excluding steroid dienone is 2. The van der Waals surface area contributed by atoms with Crippen LogP contribution in [0, 0.1) is 0 Å². The molecule has 2 aromatic heterocycles. The molecule has 0 bridgehead atoms. The van der Waals surface area contributed by atoms with Crippen molar-refractivity contribution >= 4 is 22.6 Å². The minimum atomic E-state index is 1.17. The first-order valence-corrected chi connectivity index (χ1v) is 5.32. The predicted octanol–water partition coefficient (Wildman–Crippen LogP) is 3.16. The van der Waals surface area contributed by atoms with Crippen LogP contribution < -0.4 is 0 Å². The zero-order valence-corrected chi connectivity index (χ0v) is 9.36. The molecule has 2 heterocycles. The standard InChI is InChI=1S/C14H12N2/c1-10-5-3-4-6-11-12-9-15-8-7-13(12)16(2)14(10)11/h3-4,6-9H,1-2H3. The summed E-state index contributed by atoms with van der Waals surface area (Å²) >= 11 is 0. The second kappa shape index (κ2) is 3.22. The Morgan fingerprint density at radius 3 is 3.12 bits per heavy atom. The van der Waals surface area contributed by atoms with Gasteiger partial charge in [-0.05, 0) is 19.1 Å². The maximum Gasteiger partial charge on any atom is 0.0597 e. The molecule has 3 rings (SSSR count). The molecule has 0 aliphatic heterocycles. The molecule has 0 spiro atoms. The lowest BCUT2D eigenvalue weighted by molar-refractivity contribution is 0.944. The number of fused-ring (bicyclic) bond motifs is 3. The van der Waals surface area contributed by atoms with Gasteiger partial charge < -0.3 is 4.57 Å². The molecule has 0 radical (unpaired) electrons. The lowest BCUT2D eigenvalue weighted by atomic mass is 10.1. The van der Waals surface area contributed by atoms with Gasteiger partial charge >= 0.3 is 0 Å². The van der Waals surface area contributed by atoms with E-state index in [0.29, 0.717) is 0 Å². The van der Waals surface area contributed by atoms with E-state index in [1.165, 1.54) is 27.7 Å². The molecule has 0 saturated carbocycles. The molecule has 0 fully saturated rings. The fourth-order valence-electron chi connectivity index (χ4n) is 2.32. The Kier molecular flexibility index (Phi) is 1.85. The molecule has 0 saturated heterocycles. The number of pyridine rings is 1. The summed E-state index contributed by atoms with van der Waals surface area (Å²) in [6, 6.07) is 2.05. The van der Waals surface area contributed by atoms with Crippen LogP contribution in [0.3, 0.4) is 0 Å². The van der Waals surface area contributed by atoms with E-state index in [1.807, 2.05) is 24.5 Å². The molecular formula is C14H12N2. The average Bonchev–Trinajstić information content (AvgIpc) is 2.46. The second-order valence-corrected chi connectivity index (χ2v) is 4.01. The zero-order valence-electron chi connectivity index (χ0n) is 9.36. The van der Waals surface area contributed by atoms with Gasteiger partial charge in [0.05, 0.1) is 11.2 Å². The number of hydrogen-bond acceptors (Lipinski definition) is 1. The van der Waals surface area contributed by atoms with Crippen molar-refractivity contribution in [2.75, 3.05) is 0 Å². The number of rotatable bonds is 0. The van der Waals surface area contributed by atoms with Gasteiger partial charge in [-0.25, -0.2) is 0 Å². The zero-order chi connectivity index (χ0) is 11.1. The van der Waals surface area contributed by atoms with E-state index >= 15 is 0 Å². The van der Waals surface area contributed by atoms with E-state index in [9.17, 15) is 0 Å². The molecule has 0 aromatic carbocycles. The maximum atomic E-state index is 4.20. The van der Waals surface area contributed by atoms with Crippen molar-refractivity contribution in [2.45, 2.75) is 6.92 Å². The fourth-order valence-corrected chi connectivity index (χ4v) is 2.32. The van der Waals surface area contributed by atoms with Crippen molar-refractivity contribution in [1.82, 2.24) is 9.55 Å². The topological polar surface area (TPSA) is 17.8 Å². The molecule has 2 nitrogen and oxygen atoms in total. The molecule has 2 aromatic rings. The van der Waals surface area contributed by atoms with Gasteiger partial charge in [0.2, 0.25) is 0 Å². The van der Waals surface area contributed by atoms with Crippen molar-refractivity contribution < 1.29 is 0 Å². The summed E-state index contributed by atoms with van der Waals surface area (Å²) in [5.41, 5.74) is 8.12. The van der Waals surface area contributed by atoms with Gasteiger partial charge in [0.15, 0.2) is 0 Å². The summed E-state index contributed by atoms with van der Waals surface area (Å²) in [6.07, 6.45) is 9.87. The molecular weight excluding hydrogens is 196 g/mol. The van der Waals surface area contributed by atoms with Crippen molar-refractivity contribution in [3.05, 3.63) is 47.6 Å². The molecule has 0 N–H and O–H groups in total. The van der Waals surface area contributed by atoms with Gasteiger partial charge in [0.1, 0.15) is 0 Å². The highest BCUT2D eigenvalue weighted by molar-refractivity contribution is 5.95. The second-order valence-electron chi connectivity index (χ2n) is 4.01. The largest absolute Gasteiger partial charge is 0.343 e. The summed E-state index contributed by atoms with van der Waals surface area (Å²) in [6.45, 7) is 2.09. The van der Waals surface area contributed by atoms with Gasteiger partial charge in [0.25, 0.3) is 0 Å². The van der Waals surface area contributed by atoms with Crippen LogP contribution in [0.1, 0.15) is 18.2 Å². The molecule has 16 heavy (non-hydrogen) atoms. The molecule has 0 atom stereocenters. The molecule has 0 unspecified atom stereocenters. The van der Waals surface area contributed by atoms with E-state index in [2.05, 4.69) is 41.4 Å². The highest BCUT2D eigenvalue weighted by Crippen LogP contribution is 2.31. The van der Waals surface area contributed by atoms with Crippen LogP contribution in [0.5, 0.6) is 0 Å². The van der Waals surface area contributed by atoms with Crippen LogP contribution in [0.15, 0.2) is 36.3 Å². The Balaban J connectivity index is 2.54. The van der Waals surface area contributed by atoms with Crippen LogP contribution >= 0.6 is 0 Å². The van der Waals surface area contributed by atoms with Gasteiger partial charge in [-0.2, -0.15) is 0 Å². The first-order valence-electron chi connectivity index (χ1n) is 5.32. The SMILES string of the molecule is CC1=C=CC=Cc2c1n(C)c1ccncc21. The van der Waals surface area contributed by atoms with Crippen LogP contribution in [-0.2, 0) is 7.05 Å². The number of nitrogens with zero attached hydrogens (tertiary/aromatic N) is 2. The summed E-state index contributed by atoms with van der Waals surface area (Å²) in [5.74, 6) is 0. The van der Waals surface area contributed by atoms with Crippen LogP contribution in [0.4, 0.5) is 0 Å². The van der Waals surface area contributed by atoms with E-state index in [-0.39, 0.29) is 0 Å². The third kappa shape index (κ3) is 1.11. The van der Waals surface area contributed by atoms with E-state index < -0.39 is 0 Å². The summed E-state index contributed by atoms with van der Waals surface area (Å²) < 4.78 is 2.21. The lowest BCUT2D eigenvalue weighted by Gasteiger charge is -2.03. The van der Waals surface area contributed by atoms with Crippen molar-refractivity contribution in [2.24, 2.45) is 7.05 Å². The van der Waals surface area contributed by atoms with Crippen molar-refractivity contribution in [3.8, 4) is 0 Å². The monoisotopic (exact) mass is 208 g/mol. The first kappa shape index (κ1) is 9.20. The van der Waals surface area contributed by atoms with Gasteiger partial charge in [0, 0.05) is 36.0 Å².